The van der Waals surface area contributed by atoms with Gasteiger partial charge in [0.25, 0.3) is 10.0 Å². The maximum Gasteiger partial charge on any atom is 0.264 e. The van der Waals surface area contributed by atoms with Crippen molar-refractivity contribution in [2.24, 2.45) is 0 Å². The Hall–Kier alpha value is -3.43. The van der Waals surface area contributed by atoms with Crippen LogP contribution in [0, 0.1) is 12.7 Å². The highest BCUT2D eigenvalue weighted by Gasteiger charge is 2.32. The van der Waals surface area contributed by atoms with E-state index in [2.05, 4.69) is 5.32 Å². The molecule has 0 spiro atoms. The molecule has 3 rings (SSSR count). The summed E-state index contributed by atoms with van der Waals surface area (Å²) in [5.41, 5.74) is 1.71. The van der Waals surface area contributed by atoms with Gasteiger partial charge >= 0.3 is 0 Å². The van der Waals surface area contributed by atoms with Crippen LogP contribution in [-0.2, 0) is 26.2 Å². The molecule has 3 aromatic rings. The molecule has 0 saturated heterocycles. The molecular weight excluding hydrogens is 541 g/mol. The quantitative estimate of drug-likeness (QED) is 0.297. The Morgan fingerprint density at radius 1 is 0.974 bits per heavy atom. The number of halogens is 2. The average Bonchev–Trinajstić information content (AvgIpc) is 2.91. The molecule has 0 aromatic heterocycles. The average molecular weight is 574 g/mol. The van der Waals surface area contributed by atoms with Gasteiger partial charge in [-0.25, -0.2) is 12.8 Å². The smallest absolute Gasteiger partial charge is 0.264 e. The molecule has 10 heteroatoms. The monoisotopic (exact) mass is 573 g/mol. The summed E-state index contributed by atoms with van der Waals surface area (Å²) >= 11 is 6.02. The zero-order valence-corrected chi connectivity index (χ0v) is 23.8. The molecule has 0 fully saturated rings. The van der Waals surface area contributed by atoms with Crippen molar-refractivity contribution in [1.29, 1.82) is 0 Å². The molecule has 0 radical (unpaired) electrons. The van der Waals surface area contributed by atoms with Crippen LogP contribution in [0.15, 0.2) is 77.7 Å². The molecular formula is C29H33ClFN3O4S. The topological polar surface area (TPSA) is 86.8 Å². The van der Waals surface area contributed by atoms with E-state index in [4.69, 9.17) is 11.6 Å². The number of sulfonamides is 1. The molecule has 1 N–H and O–H groups in total. The Labute approximate surface area is 234 Å². The van der Waals surface area contributed by atoms with Gasteiger partial charge in [-0.3, -0.25) is 13.9 Å². The summed E-state index contributed by atoms with van der Waals surface area (Å²) in [5.74, 6) is -1.48. The third-order valence-corrected chi connectivity index (χ3v) is 8.31. The lowest BCUT2D eigenvalue weighted by molar-refractivity contribution is -0.139. The fraction of sp³-hybridized carbons (Fsp3) is 0.310. The molecule has 7 nitrogen and oxygen atoms in total. The number of carbonyl (C=O) groups excluding carboxylic acids is 2. The van der Waals surface area contributed by atoms with E-state index in [1.54, 1.807) is 43.3 Å². The van der Waals surface area contributed by atoms with Gasteiger partial charge in [-0.15, -0.1) is 0 Å². The first-order chi connectivity index (χ1) is 18.5. The minimum atomic E-state index is -4.21. The van der Waals surface area contributed by atoms with Crippen LogP contribution < -0.4 is 9.62 Å². The first-order valence-corrected chi connectivity index (χ1v) is 14.5. The highest BCUT2D eigenvalue weighted by molar-refractivity contribution is 7.92. The minimum Gasteiger partial charge on any atom is -0.354 e. The number of nitrogens with zero attached hydrogens (tertiary/aromatic N) is 2. The van der Waals surface area contributed by atoms with Gasteiger partial charge in [0.15, 0.2) is 0 Å². The summed E-state index contributed by atoms with van der Waals surface area (Å²) in [6.07, 6.45) is 1.68. The van der Waals surface area contributed by atoms with Crippen LogP contribution in [0.2, 0.25) is 5.02 Å². The fourth-order valence-corrected chi connectivity index (χ4v) is 5.42. The van der Waals surface area contributed by atoms with Crippen molar-refractivity contribution in [2.45, 2.75) is 51.1 Å². The molecule has 208 valence electrons. The Morgan fingerprint density at radius 3 is 2.18 bits per heavy atom. The highest BCUT2D eigenvalue weighted by Crippen LogP contribution is 2.25. The summed E-state index contributed by atoms with van der Waals surface area (Å²) in [7, 11) is -4.21. The number of carbonyl (C=O) groups is 2. The molecule has 0 bridgehead atoms. The standard InChI is InChI=1S/C29H33ClFN3O4S/c1-4-5-18-32-29(36)22(3)33(19-23-8-10-24(30)11-9-23)28(35)20-34(26-14-12-25(31)13-15-26)39(37,38)27-16-6-21(2)7-17-27/h6-17,22H,4-5,18-20H2,1-3H3,(H,32,36)/t22-/m0/s1. The number of benzene rings is 3. The molecule has 39 heavy (non-hydrogen) atoms. The summed E-state index contributed by atoms with van der Waals surface area (Å²) in [6, 6.07) is 17.1. The van der Waals surface area contributed by atoms with Gasteiger partial charge in [-0.1, -0.05) is 54.8 Å². The number of nitrogens with one attached hydrogen (secondary N) is 1. The van der Waals surface area contributed by atoms with Crippen LogP contribution in [0.1, 0.15) is 37.8 Å². The van der Waals surface area contributed by atoms with Crippen LogP contribution in [0.5, 0.6) is 0 Å². The highest BCUT2D eigenvalue weighted by atomic mass is 35.5. The number of rotatable bonds is 12. The molecule has 0 heterocycles. The van der Waals surface area contributed by atoms with Gasteiger partial charge in [0.1, 0.15) is 18.4 Å². The van der Waals surface area contributed by atoms with Crippen molar-refractivity contribution >= 4 is 39.1 Å². The Morgan fingerprint density at radius 2 is 1.59 bits per heavy atom. The number of anilines is 1. The van der Waals surface area contributed by atoms with E-state index in [0.29, 0.717) is 11.6 Å². The van der Waals surface area contributed by atoms with Gasteiger partial charge < -0.3 is 10.2 Å². The lowest BCUT2D eigenvalue weighted by Crippen LogP contribution is -2.51. The number of hydrogen-bond donors (Lipinski definition) is 1. The molecule has 0 aliphatic carbocycles. The second-order valence-corrected chi connectivity index (χ2v) is 11.6. The SMILES string of the molecule is CCCCNC(=O)[C@H](C)N(Cc1ccc(Cl)cc1)C(=O)CN(c1ccc(F)cc1)S(=O)(=O)c1ccc(C)cc1. The van der Waals surface area contributed by atoms with E-state index in [1.165, 1.54) is 29.2 Å². The van der Waals surface area contributed by atoms with Crippen LogP contribution in [0.3, 0.4) is 0 Å². The molecule has 0 unspecified atom stereocenters. The second-order valence-electron chi connectivity index (χ2n) is 9.27. The normalized spacial score (nSPS) is 12.0. The molecule has 0 aliphatic heterocycles. The van der Waals surface area contributed by atoms with Crippen molar-refractivity contribution < 1.29 is 22.4 Å². The summed E-state index contributed by atoms with van der Waals surface area (Å²) < 4.78 is 42.1. The van der Waals surface area contributed by atoms with Crippen molar-refractivity contribution in [3.05, 3.63) is 94.8 Å². The van der Waals surface area contributed by atoms with Crippen LogP contribution in [0.25, 0.3) is 0 Å². The van der Waals surface area contributed by atoms with Crippen molar-refractivity contribution in [2.75, 3.05) is 17.4 Å². The maximum atomic E-state index is 13.8. The van der Waals surface area contributed by atoms with Crippen molar-refractivity contribution in [3.8, 4) is 0 Å². The number of aryl methyl sites for hydroxylation is 1. The predicted molar refractivity (Wildman–Crippen MR) is 151 cm³/mol. The van der Waals surface area contributed by atoms with Gasteiger partial charge in [-0.2, -0.15) is 0 Å². The number of hydrogen-bond acceptors (Lipinski definition) is 4. The summed E-state index contributed by atoms with van der Waals surface area (Å²) in [5, 5.41) is 3.36. The van der Waals surface area contributed by atoms with Gasteiger partial charge in [0, 0.05) is 18.1 Å². The van der Waals surface area contributed by atoms with Crippen molar-refractivity contribution in [3.63, 3.8) is 0 Å². The zero-order valence-electron chi connectivity index (χ0n) is 22.2. The van der Waals surface area contributed by atoms with Crippen LogP contribution in [-0.4, -0.2) is 44.3 Å². The zero-order chi connectivity index (χ0) is 28.6. The predicted octanol–water partition coefficient (Wildman–Crippen LogP) is 5.32. The first kappa shape index (κ1) is 30.1. The van der Waals surface area contributed by atoms with E-state index in [1.807, 2.05) is 13.8 Å². The molecule has 2 amide bonds. The lowest BCUT2D eigenvalue weighted by Gasteiger charge is -2.32. The van der Waals surface area contributed by atoms with E-state index >= 15 is 0 Å². The molecule has 1 atom stereocenters. The van der Waals surface area contributed by atoms with E-state index in [0.717, 1.165) is 40.4 Å². The van der Waals surface area contributed by atoms with E-state index in [-0.39, 0.29) is 23.0 Å². The van der Waals surface area contributed by atoms with Crippen molar-refractivity contribution in [1.82, 2.24) is 10.2 Å². The Bertz CT molecular complexity index is 1370. The van der Waals surface area contributed by atoms with Gasteiger partial charge in [-0.05, 0) is 74.4 Å². The number of unbranched alkanes of at least 4 members (excludes halogenated alkanes) is 1. The van der Waals surface area contributed by atoms with E-state index < -0.39 is 34.3 Å². The largest absolute Gasteiger partial charge is 0.354 e. The van der Waals surface area contributed by atoms with Crippen LogP contribution in [0.4, 0.5) is 10.1 Å². The summed E-state index contributed by atoms with van der Waals surface area (Å²) in [4.78, 5) is 28.1. The molecule has 0 aliphatic rings. The third kappa shape index (κ3) is 8.03. The van der Waals surface area contributed by atoms with Crippen LogP contribution >= 0.6 is 11.6 Å². The first-order valence-electron chi connectivity index (χ1n) is 12.7. The maximum absolute atomic E-state index is 13.8. The minimum absolute atomic E-state index is 0.0140. The van der Waals surface area contributed by atoms with Gasteiger partial charge in [0.05, 0.1) is 10.6 Å². The second kappa shape index (κ2) is 13.6. The summed E-state index contributed by atoms with van der Waals surface area (Å²) in [6.45, 7) is 5.36. The Balaban J connectivity index is 1.98. The molecule has 3 aromatic carbocycles. The molecule has 0 saturated carbocycles. The fourth-order valence-electron chi connectivity index (χ4n) is 3.88. The third-order valence-electron chi connectivity index (χ3n) is 6.27. The number of amides is 2. The Kier molecular flexibility index (Phi) is 10.5. The lowest BCUT2D eigenvalue weighted by atomic mass is 10.1. The van der Waals surface area contributed by atoms with E-state index in [9.17, 15) is 22.4 Å². The van der Waals surface area contributed by atoms with Gasteiger partial charge in [0.2, 0.25) is 11.8 Å².